The topological polar surface area (TPSA) is 69.7 Å². The number of anilines is 2. The van der Waals surface area contributed by atoms with Crippen molar-refractivity contribution >= 4 is 27.3 Å². The summed E-state index contributed by atoms with van der Waals surface area (Å²) in [6, 6.07) is 15.6. The zero-order valence-corrected chi connectivity index (χ0v) is 17.7. The fraction of sp³-hybridized carbons (Fsp3) is 0.409. The molecule has 1 aliphatic heterocycles. The van der Waals surface area contributed by atoms with Crippen molar-refractivity contribution in [2.75, 3.05) is 36.3 Å². The van der Waals surface area contributed by atoms with Crippen LogP contribution in [0.2, 0.25) is 0 Å². The number of benzene rings is 2. The lowest BCUT2D eigenvalue weighted by Crippen LogP contribution is -2.37. The summed E-state index contributed by atoms with van der Waals surface area (Å²) in [5.41, 5.74) is 1.21. The van der Waals surface area contributed by atoms with Crippen molar-refractivity contribution in [3.05, 3.63) is 54.6 Å². The summed E-state index contributed by atoms with van der Waals surface area (Å²) in [4.78, 5) is 14.6. The lowest BCUT2D eigenvalue weighted by molar-refractivity contribution is -0.129. The summed E-state index contributed by atoms with van der Waals surface area (Å²) in [5.74, 6) is 0.0570. The zero-order chi connectivity index (χ0) is 20.7. The van der Waals surface area contributed by atoms with Gasteiger partial charge in [-0.25, -0.2) is 8.42 Å². The number of amides is 1. The number of para-hydroxylation sites is 1. The normalized spacial score (nSPS) is 15.3. The second-order valence-corrected chi connectivity index (χ2v) is 9.31. The van der Waals surface area contributed by atoms with E-state index in [0.717, 1.165) is 25.9 Å². The fourth-order valence-electron chi connectivity index (χ4n) is 3.49. The molecule has 0 aromatic heterocycles. The molecule has 2 aromatic carbocycles. The maximum absolute atomic E-state index is 13.0. The van der Waals surface area contributed by atoms with E-state index in [0.29, 0.717) is 11.4 Å². The first kappa shape index (κ1) is 21.2. The number of likely N-dealkylation sites (tertiary alicyclic amines) is 1. The molecular weight excluding hydrogens is 386 g/mol. The quantitative estimate of drug-likeness (QED) is 0.781. The van der Waals surface area contributed by atoms with Gasteiger partial charge in [0, 0.05) is 25.8 Å². The smallest absolute Gasteiger partial charge is 0.264 e. The minimum absolute atomic E-state index is 0.0570. The molecule has 0 unspecified atom stereocenters. The third kappa shape index (κ3) is 5.50. The minimum Gasteiger partial charge on any atom is -0.376 e. The molecule has 1 N–H and O–H groups in total. The van der Waals surface area contributed by atoms with Crippen molar-refractivity contribution in [1.82, 2.24) is 4.90 Å². The van der Waals surface area contributed by atoms with Crippen LogP contribution in [0.25, 0.3) is 0 Å². The molecule has 0 radical (unpaired) electrons. The van der Waals surface area contributed by atoms with Gasteiger partial charge in [0.2, 0.25) is 5.91 Å². The molecule has 2 aromatic rings. The molecule has 0 spiro atoms. The summed E-state index contributed by atoms with van der Waals surface area (Å²) in [6.07, 6.45) is 5.69. The third-order valence-electron chi connectivity index (χ3n) is 5.26. The second kappa shape index (κ2) is 9.78. The molecule has 7 heteroatoms. The average Bonchev–Trinajstić information content (AvgIpc) is 2.72. The first-order valence-corrected chi connectivity index (χ1v) is 11.6. The molecule has 0 atom stereocenters. The summed E-state index contributed by atoms with van der Waals surface area (Å²) in [5, 5.41) is 3.09. The highest BCUT2D eigenvalue weighted by molar-refractivity contribution is 7.92. The Morgan fingerprint density at radius 2 is 1.62 bits per heavy atom. The second-order valence-electron chi connectivity index (χ2n) is 7.34. The van der Waals surface area contributed by atoms with Crippen LogP contribution in [-0.4, -0.2) is 45.9 Å². The molecule has 156 valence electrons. The number of hydrogen-bond acceptors (Lipinski definition) is 4. The number of nitrogens with one attached hydrogen (secondary N) is 1. The Morgan fingerprint density at radius 1 is 0.966 bits per heavy atom. The van der Waals surface area contributed by atoms with E-state index in [9.17, 15) is 13.2 Å². The number of sulfonamides is 1. The van der Waals surface area contributed by atoms with Crippen molar-refractivity contribution in [2.45, 2.75) is 37.0 Å². The van der Waals surface area contributed by atoms with E-state index in [4.69, 9.17) is 0 Å². The number of rotatable bonds is 6. The number of nitrogens with zero attached hydrogens (tertiary/aromatic N) is 2. The van der Waals surface area contributed by atoms with Gasteiger partial charge in [0.15, 0.2) is 0 Å². The van der Waals surface area contributed by atoms with Crippen LogP contribution in [0.4, 0.5) is 11.4 Å². The highest BCUT2D eigenvalue weighted by Gasteiger charge is 2.21. The van der Waals surface area contributed by atoms with Crippen molar-refractivity contribution < 1.29 is 13.2 Å². The average molecular weight is 416 g/mol. The number of carbonyl (C=O) groups excluding carboxylic acids is 1. The van der Waals surface area contributed by atoms with Gasteiger partial charge in [0.25, 0.3) is 10.0 Å². The number of carbonyl (C=O) groups is 1. The van der Waals surface area contributed by atoms with Gasteiger partial charge < -0.3 is 10.2 Å². The van der Waals surface area contributed by atoms with Crippen LogP contribution < -0.4 is 9.62 Å². The van der Waals surface area contributed by atoms with E-state index in [1.54, 1.807) is 48.5 Å². The van der Waals surface area contributed by atoms with E-state index in [1.165, 1.54) is 30.6 Å². The monoisotopic (exact) mass is 415 g/mol. The van der Waals surface area contributed by atoms with Gasteiger partial charge in [-0.3, -0.25) is 9.10 Å². The van der Waals surface area contributed by atoms with Crippen molar-refractivity contribution in [1.29, 1.82) is 0 Å². The third-order valence-corrected chi connectivity index (χ3v) is 7.05. The van der Waals surface area contributed by atoms with Gasteiger partial charge in [-0.1, -0.05) is 43.5 Å². The summed E-state index contributed by atoms with van der Waals surface area (Å²) in [7, 11) is -2.15. The van der Waals surface area contributed by atoms with Crippen LogP contribution in [0.15, 0.2) is 59.5 Å². The largest absolute Gasteiger partial charge is 0.376 e. The van der Waals surface area contributed by atoms with Crippen LogP contribution in [0.5, 0.6) is 0 Å². The molecule has 1 amide bonds. The maximum atomic E-state index is 13.0. The molecule has 0 aliphatic carbocycles. The van der Waals surface area contributed by atoms with Gasteiger partial charge in [-0.05, 0) is 43.2 Å². The number of hydrogen-bond donors (Lipinski definition) is 1. The van der Waals surface area contributed by atoms with Gasteiger partial charge >= 0.3 is 0 Å². The van der Waals surface area contributed by atoms with E-state index in [1.807, 2.05) is 11.0 Å². The van der Waals surface area contributed by atoms with E-state index >= 15 is 0 Å². The predicted molar refractivity (Wildman–Crippen MR) is 117 cm³/mol. The lowest BCUT2D eigenvalue weighted by Gasteiger charge is -2.25. The highest BCUT2D eigenvalue weighted by Crippen LogP contribution is 2.23. The Bertz CT molecular complexity index is 908. The van der Waals surface area contributed by atoms with E-state index in [2.05, 4.69) is 5.32 Å². The Labute approximate surface area is 173 Å². The molecule has 1 fully saturated rings. The fourth-order valence-corrected chi connectivity index (χ4v) is 4.73. The zero-order valence-electron chi connectivity index (χ0n) is 16.9. The molecule has 1 heterocycles. The lowest BCUT2D eigenvalue weighted by atomic mass is 10.1. The molecule has 6 nitrogen and oxygen atoms in total. The maximum Gasteiger partial charge on any atom is 0.264 e. The van der Waals surface area contributed by atoms with Crippen LogP contribution in [0.1, 0.15) is 32.1 Å². The first-order valence-electron chi connectivity index (χ1n) is 10.1. The Morgan fingerprint density at radius 3 is 2.31 bits per heavy atom. The van der Waals surface area contributed by atoms with Gasteiger partial charge in [-0.2, -0.15) is 0 Å². The first-order chi connectivity index (χ1) is 14.0. The van der Waals surface area contributed by atoms with Crippen molar-refractivity contribution in [3.8, 4) is 0 Å². The minimum atomic E-state index is -3.68. The molecule has 1 aliphatic rings. The predicted octanol–water partition coefficient (Wildman–Crippen LogP) is 3.72. The molecule has 1 saturated heterocycles. The van der Waals surface area contributed by atoms with Gasteiger partial charge in [0.05, 0.1) is 17.1 Å². The van der Waals surface area contributed by atoms with Crippen molar-refractivity contribution in [3.63, 3.8) is 0 Å². The Kier molecular flexibility index (Phi) is 7.14. The standard InChI is InChI=1S/C22H29N3O3S/c1-24(20-12-6-5-7-13-20)29(27,28)21-14-10-11-19(17-21)23-18-22(26)25-15-8-3-2-4-9-16-25/h5-7,10-14,17,23H,2-4,8-9,15-16,18H2,1H3. The SMILES string of the molecule is CN(c1ccccc1)S(=O)(=O)c1cccc(NCC(=O)N2CCCCCCC2)c1. The van der Waals surface area contributed by atoms with Crippen LogP contribution in [0.3, 0.4) is 0 Å². The molecule has 3 rings (SSSR count). The highest BCUT2D eigenvalue weighted by atomic mass is 32.2. The van der Waals surface area contributed by atoms with Gasteiger partial charge in [-0.15, -0.1) is 0 Å². The summed E-state index contributed by atoms with van der Waals surface area (Å²) < 4.78 is 27.2. The van der Waals surface area contributed by atoms with Crippen LogP contribution in [0, 0.1) is 0 Å². The van der Waals surface area contributed by atoms with Crippen LogP contribution in [-0.2, 0) is 14.8 Å². The van der Waals surface area contributed by atoms with E-state index in [-0.39, 0.29) is 17.3 Å². The van der Waals surface area contributed by atoms with Gasteiger partial charge in [0.1, 0.15) is 0 Å². The summed E-state index contributed by atoms with van der Waals surface area (Å²) >= 11 is 0. The van der Waals surface area contributed by atoms with Crippen molar-refractivity contribution in [2.24, 2.45) is 0 Å². The van der Waals surface area contributed by atoms with Crippen LogP contribution >= 0.6 is 0 Å². The Hall–Kier alpha value is -2.54. The molecule has 29 heavy (non-hydrogen) atoms. The Balaban J connectivity index is 1.66. The molecule has 0 saturated carbocycles. The van der Waals surface area contributed by atoms with E-state index < -0.39 is 10.0 Å². The molecule has 0 bridgehead atoms. The molecular formula is C22H29N3O3S. The summed E-state index contributed by atoms with van der Waals surface area (Å²) in [6.45, 7) is 1.77.